The minimum atomic E-state index is 0. The summed E-state index contributed by atoms with van der Waals surface area (Å²) in [6.45, 7) is 0. The topological polar surface area (TPSA) is 0 Å². The average molecular weight is 182 g/mol. The average Bonchev–Trinajstić information content (AvgIpc) is 1.76. The van der Waals surface area contributed by atoms with E-state index in [1.807, 2.05) is 41.2 Å². The molecule has 40 valence electrons. The van der Waals surface area contributed by atoms with Gasteiger partial charge in [0.2, 0.25) is 0 Å². The van der Waals surface area contributed by atoms with E-state index in [4.69, 9.17) is 0 Å². The molecule has 0 saturated carbocycles. The van der Waals surface area contributed by atoms with Crippen LogP contribution in [0.2, 0.25) is 0 Å². The molecule has 0 atom stereocenters. The predicted octanol–water partition coefficient (Wildman–Crippen LogP) is 2.62. The molecular formula is C2H7NaS4. The summed E-state index contributed by atoms with van der Waals surface area (Å²) in [6, 6.07) is 0. The van der Waals surface area contributed by atoms with Crippen molar-refractivity contribution < 1.29 is 0 Å². The molecule has 0 aromatic rings. The monoisotopic (exact) mass is 182 g/mol. The van der Waals surface area contributed by atoms with Gasteiger partial charge in [0, 0.05) is 0 Å². The van der Waals surface area contributed by atoms with Crippen molar-refractivity contribution >= 4 is 70.8 Å². The van der Waals surface area contributed by atoms with Crippen LogP contribution >= 0.6 is 41.2 Å². The molecule has 1 rings (SSSR count). The van der Waals surface area contributed by atoms with Gasteiger partial charge in [-0.2, -0.15) is 0 Å². The summed E-state index contributed by atoms with van der Waals surface area (Å²) < 4.78 is 0. The Hall–Kier alpha value is 2.40. The van der Waals surface area contributed by atoms with Gasteiger partial charge in [-0.05, 0) is 19.7 Å². The van der Waals surface area contributed by atoms with Crippen molar-refractivity contribution in [2.45, 2.75) is 7.43 Å². The molecule has 0 bridgehead atoms. The Labute approximate surface area is 82.2 Å². The van der Waals surface area contributed by atoms with E-state index in [1.165, 1.54) is 5.08 Å². The van der Waals surface area contributed by atoms with Crippen molar-refractivity contribution in [2.24, 2.45) is 0 Å². The second kappa shape index (κ2) is 8.40. The molecule has 0 radical (unpaired) electrons. The first-order valence-corrected chi connectivity index (χ1v) is 6.23. The van der Waals surface area contributed by atoms with Crippen LogP contribution in [0.5, 0.6) is 0 Å². The third-order valence-electron chi connectivity index (χ3n) is 0.220. The van der Waals surface area contributed by atoms with Gasteiger partial charge in [0.25, 0.3) is 0 Å². The molecule has 1 heterocycles. The van der Waals surface area contributed by atoms with Gasteiger partial charge >= 0.3 is 29.6 Å². The van der Waals surface area contributed by atoms with Gasteiger partial charge < -0.3 is 0 Å². The first kappa shape index (κ1) is 12.1. The number of hydrogen-bond donors (Lipinski definition) is 0. The van der Waals surface area contributed by atoms with Crippen LogP contribution in [0.15, 0.2) is 0 Å². The van der Waals surface area contributed by atoms with E-state index >= 15 is 0 Å². The Bertz CT molecular complexity index is 21.3. The molecule has 5 heteroatoms. The summed E-state index contributed by atoms with van der Waals surface area (Å²) in [6.07, 6.45) is 0. The van der Waals surface area contributed by atoms with Gasteiger partial charge in [0.1, 0.15) is 0 Å². The molecule has 0 N–H and O–H groups in total. The molecule has 1 aliphatic rings. The van der Waals surface area contributed by atoms with Crippen molar-refractivity contribution in [1.29, 1.82) is 0 Å². The van der Waals surface area contributed by atoms with Crippen LogP contribution in [0.3, 0.4) is 0 Å². The fourth-order valence-corrected chi connectivity index (χ4v) is 7.95. The van der Waals surface area contributed by atoms with E-state index in [0.717, 1.165) is 0 Å². The third kappa shape index (κ3) is 6.28. The molecule has 0 aliphatic carbocycles. The SMILES string of the molecule is C.C1SSSS1.[NaH]. The molecule has 0 unspecified atom stereocenters. The van der Waals surface area contributed by atoms with Crippen LogP contribution in [-0.2, 0) is 0 Å². The third-order valence-corrected chi connectivity index (χ3v) is 7.45. The first-order chi connectivity index (χ1) is 2.50. The molecule has 1 fully saturated rings. The summed E-state index contributed by atoms with van der Waals surface area (Å²) in [7, 11) is 7.57. The number of rotatable bonds is 0. The molecule has 1 saturated heterocycles. The first-order valence-electron chi connectivity index (χ1n) is 1.08. The van der Waals surface area contributed by atoms with Crippen LogP contribution in [0.4, 0.5) is 0 Å². The normalized spacial score (nSPS) is 17.1. The zero-order valence-electron chi connectivity index (χ0n) is 2.34. The van der Waals surface area contributed by atoms with Crippen molar-refractivity contribution in [2.75, 3.05) is 5.08 Å². The molecule has 0 aromatic heterocycles. The van der Waals surface area contributed by atoms with Gasteiger partial charge in [0.15, 0.2) is 0 Å². The van der Waals surface area contributed by atoms with Gasteiger partial charge in [-0.1, -0.05) is 29.0 Å². The van der Waals surface area contributed by atoms with Crippen LogP contribution in [-0.4, -0.2) is 34.6 Å². The van der Waals surface area contributed by atoms with Crippen LogP contribution in [0.25, 0.3) is 0 Å². The second-order valence-corrected chi connectivity index (χ2v) is 6.86. The molecular weight excluding hydrogens is 175 g/mol. The van der Waals surface area contributed by atoms with E-state index in [0.29, 0.717) is 0 Å². The Balaban J connectivity index is 0. The molecule has 0 amide bonds. The van der Waals surface area contributed by atoms with E-state index in [1.54, 1.807) is 0 Å². The predicted molar refractivity (Wildman–Crippen MR) is 49.1 cm³/mol. The van der Waals surface area contributed by atoms with Gasteiger partial charge in [-0.15, -0.1) is 0 Å². The van der Waals surface area contributed by atoms with E-state index in [-0.39, 0.29) is 37.0 Å². The zero-order chi connectivity index (χ0) is 3.54. The van der Waals surface area contributed by atoms with Gasteiger partial charge in [-0.3, -0.25) is 0 Å². The maximum absolute atomic E-state index is 1.92. The van der Waals surface area contributed by atoms with E-state index in [2.05, 4.69) is 0 Å². The van der Waals surface area contributed by atoms with Crippen molar-refractivity contribution in [3.8, 4) is 0 Å². The quantitative estimate of drug-likeness (QED) is 0.417. The number of hydrogen-bond acceptors (Lipinski definition) is 4. The Morgan fingerprint density at radius 3 is 1.57 bits per heavy atom. The van der Waals surface area contributed by atoms with Crippen molar-refractivity contribution in [3.05, 3.63) is 0 Å². The summed E-state index contributed by atoms with van der Waals surface area (Å²) in [5, 5.41) is 1.26. The summed E-state index contributed by atoms with van der Waals surface area (Å²) >= 11 is 0. The fourth-order valence-electron chi connectivity index (χ4n) is 0.0982. The zero-order valence-corrected chi connectivity index (χ0v) is 5.61. The van der Waals surface area contributed by atoms with Crippen LogP contribution in [0, 0.1) is 0 Å². The summed E-state index contributed by atoms with van der Waals surface area (Å²) in [5.41, 5.74) is 0. The Morgan fingerprint density at radius 2 is 1.43 bits per heavy atom. The summed E-state index contributed by atoms with van der Waals surface area (Å²) in [5.74, 6) is 0. The standard InChI is InChI=1S/CH2S4.CH4.Na.H/c1-2-4-5-3-1;;;/h1H2;1H4;;. The maximum atomic E-state index is 1.92. The second-order valence-electron chi connectivity index (χ2n) is 0.490. The van der Waals surface area contributed by atoms with E-state index in [9.17, 15) is 0 Å². The van der Waals surface area contributed by atoms with Crippen molar-refractivity contribution in [3.63, 3.8) is 0 Å². The summed E-state index contributed by atoms with van der Waals surface area (Å²) in [4.78, 5) is 0. The van der Waals surface area contributed by atoms with Crippen LogP contribution in [0.1, 0.15) is 7.43 Å². The Kier molecular flexibility index (Phi) is 14.5. The van der Waals surface area contributed by atoms with Gasteiger partial charge in [0.05, 0.1) is 5.08 Å². The van der Waals surface area contributed by atoms with Gasteiger partial charge in [-0.25, -0.2) is 0 Å². The Morgan fingerprint density at radius 1 is 1.00 bits per heavy atom. The van der Waals surface area contributed by atoms with E-state index < -0.39 is 0 Å². The van der Waals surface area contributed by atoms with Crippen molar-refractivity contribution in [1.82, 2.24) is 0 Å². The molecule has 1 aliphatic heterocycles. The minimum absolute atomic E-state index is 0. The molecule has 0 aromatic carbocycles. The molecule has 7 heavy (non-hydrogen) atoms. The fraction of sp³-hybridized carbons (Fsp3) is 1.00. The molecule has 0 nitrogen and oxygen atoms in total. The van der Waals surface area contributed by atoms with Crippen LogP contribution < -0.4 is 0 Å². The molecule has 0 spiro atoms.